The van der Waals surface area contributed by atoms with Crippen molar-refractivity contribution in [2.24, 2.45) is 0 Å². The van der Waals surface area contributed by atoms with Crippen LogP contribution >= 0.6 is 0 Å². The van der Waals surface area contributed by atoms with Gasteiger partial charge >= 0.3 is 48.6 Å². The van der Waals surface area contributed by atoms with Crippen molar-refractivity contribution in [2.45, 2.75) is 65.7 Å². The Morgan fingerprint density at radius 1 is 0.361 bits per heavy atom. The average Bonchev–Trinajstić information content (AvgIpc) is 3.32. The lowest BCUT2D eigenvalue weighted by atomic mass is 9.92. The van der Waals surface area contributed by atoms with Crippen LogP contribution in [-0.2, 0) is 84.2 Å². The van der Waals surface area contributed by atoms with Crippen LogP contribution in [0.1, 0.15) is 28.7 Å². The Morgan fingerprint density at radius 2 is 0.583 bits per heavy atom. The summed E-state index contributed by atoms with van der Waals surface area (Å²) in [5.41, 5.74) is -18.9. The zero-order valence-electron chi connectivity index (χ0n) is 38.1. The third-order valence-corrected chi connectivity index (χ3v) is 11.0. The zero-order chi connectivity index (χ0) is 53.8. The lowest BCUT2D eigenvalue weighted by Gasteiger charge is -2.35. The van der Waals surface area contributed by atoms with Crippen LogP contribution in [0.2, 0.25) is 0 Å². The second-order valence-electron chi connectivity index (χ2n) is 15.1. The highest BCUT2D eigenvalue weighted by Crippen LogP contribution is 2.47. The molecule has 0 spiro atoms. The molecule has 4 rings (SSSR count). The molecule has 5 atom stereocenters. The van der Waals surface area contributed by atoms with Gasteiger partial charge in [0.2, 0.25) is 0 Å². The maximum Gasteiger partial charge on any atom is 0.432 e. The van der Waals surface area contributed by atoms with Gasteiger partial charge in [-0.15, -0.1) is 0 Å². The van der Waals surface area contributed by atoms with Crippen LogP contribution in [0.4, 0.5) is 52.7 Å². The zero-order valence-corrected chi connectivity index (χ0v) is 38.1. The van der Waals surface area contributed by atoms with Gasteiger partial charge in [-0.2, -0.15) is 52.7 Å². The van der Waals surface area contributed by atoms with Crippen molar-refractivity contribution in [3.63, 3.8) is 0 Å². The Morgan fingerprint density at radius 3 is 0.806 bits per heavy atom. The van der Waals surface area contributed by atoms with Gasteiger partial charge in [-0.05, 0) is 0 Å². The summed E-state index contributed by atoms with van der Waals surface area (Å²) in [5.74, 6) is -8.87. The van der Waals surface area contributed by atoms with E-state index >= 15 is 0 Å². The molecule has 0 amide bonds. The molecule has 1 unspecified atom stereocenters. The second-order valence-corrected chi connectivity index (χ2v) is 15.1. The van der Waals surface area contributed by atoms with Crippen molar-refractivity contribution in [3.8, 4) is 0 Å². The number of hydrogen-bond acceptors (Lipinski definition) is 13. The maximum absolute atomic E-state index is 14.8. The van der Waals surface area contributed by atoms with Crippen LogP contribution in [0.3, 0.4) is 0 Å². The van der Waals surface area contributed by atoms with E-state index in [0.717, 1.165) is 97.1 Å². The summed E-state index contributed by atoms with van der Waals surface area (Å²) in [5, 5.41) is 0. The molecule has 0 aliphatic heterocycles. The summed E-state index contributed by atoms with van der Waals surface area (Å²) in [6.07, 6.45) is -27.9. The maximum atomic E-state index is 14.8. The predicted molar refractivity (Wildman–Crippen MR) is 222 cm³/mol. The number of carbonyl (C=O) groups excluding carboxylic acids is 4. The number of halogens is 12. The highest BCUT2D eigenvalue weighted by Gasteiger charge is 2.67. The van der Waals surface area contributed by atoms with Crippen molar-refractivity contribution in [1.82, 2.24) is 0 Å². The van der Waals surface area contributed by atoms with E-state index in [1.54, 1.807) is 0 Å². The number of rotatable bonds is 23. The van der Waals surface area contributed by atoms with E-state index in [0.29, 0.717) is 28.4 Å². The topological polar surface area (TPSA) is 151 Å². The van der Waals surface area contributed by atoms with Crippen molar-refractivity contribution >= 4 is 23.9 Å². The highest BCUT2D eigenvalue weighted by atomic mass is 19.4. The standard InChI is InChI=1S/C47H44F12O13/c1-64-40(44(48,49)50,30-17-9-5-10-18-30)36(60)68-26-25-34(27-69-37(61)41(65-2,45(51,52)53)31-19-11-6-12-20-31)72-35(28-70-38(62)42(66-3,46(54,55)56)32-21-13-7-14-22-32)29-71-39(63)43(67-4,47(57,58)59)33-23-15-8-16-24-33/h5-24,34-35H,25-29H2,1-4H3/t34?,40-,41-,42-,43-/m1/s1. The first-order chi connectivity index (χ1) is 33.7. The van der Waals surface area contributed by atoms with E-state index in [4.69, 9.17) is 23.7 Å². The normalized spacial score (nSPS) is 16.2. The van der Waals surface area contributed by atoms with Crippen LogP contribution in [-0.4, -0.2) is 116 Å². The smallest absolute Gasteiger partial charge is 0.432 e. The number of carbonyl (C=O) groups is 4. The number of esters is 4. The molecular formula is C47H44F12O13. The van der Waals surface area contributed by atoms with Gasteiger partial charge in [0.15, 0.2) is 0 Å². The van der Waals surface area contributed by atoms with Crippen molar-refractivity contribution in [1.29, 1.82) is 0 Å². The number of ether oxygens (including phenoxy) is 9. The SMILES string of the molecule is CO[C@@](C(=O)OCCC(COC(=O)[C@](OC)(c1ccccc1)C(F)(F)F)OC(COC(=O)[C@](OC)(c1ccccc1)C(F)(F)F)COC(=O)[C@](OC)(c1ccccc1)C(F)(F)F)(c1ccccc1)C(F)(F)F. The fourth-order valence-corrected chi connectivity index (χ4v) is 7.33. The molecule has 4 aromatic rings. The van der Waals surface area contributed by atoms with Gasteiger partial charge in [-0.3, -0.25) is 0 Å². The van der Waals surface area contributed by atoms with E-state index in [9.17, 15) is 71.9 Å². The van der Waals surface area contributed by atoms with Crippen LogP contribution in [0, 0.1) is 0 Å². The average molecular weight is 1040 g/mol. The first-order valence-electron chi connectivity index (χ1n) is 20.8. The van der Waals surface area contributed by atoms with Crippen LogP contribution in [0.25, 0.3) is 0 Å². The third kappa shape index (κ3) is 11.6. The molecule has 0 bridgehead atoms. The molecule has 72 heavy (non-hydrogen) atoms. The molecule has 25 heteroatoms. The Kier molecular flexibility index (Phi) is 19.0. The first-order valence-corrected chi connectivity index (χ1v) is 20.8. The van der Waals surface area contributed by atoms with Crippen molar-refractivity contribution < 1.29 is 114 Å². The molecule has 0 saturated heterocycles. The van der Waals surface area contributed by atoms with E-state index in [-0.39, 0.29) is 0 Å². The van der Waals surface area contributed by atoms with Gasteiger partial charge in [0.25, 0.3) is 22.4 Å². The van der Waals surface area contributed by atoms with Crippen LogP contribution in [0.5, 0.6) is 0 Å². The molecule has 0 aliphatic rings. The third-order valence-electron chi connectivity index (χ3n) is 11.0. The van der Waals surface area contributed by atoms with Gasteiger partial charge in [0.05, 0.1) is 12.7 Å². The van der Waals surface area contributed by atoms with Gasteiger partial charge in [0, 0.05) is 57.1 Å². The highest BCUT2D eigenvalue weighted by molar-refractivity contribution is 5.84. The van der Waals surface area contributed by atoms with Crippen LogP contribution in [0.15, 0.2) is 121 Å². The minimum Gasteiger partial charge on any atom is -0.463 e. The lowest BCUT2D eigenvalue weighted by Crippen LogP contribution is -2.53. The van der Waals surface area contributed by atoms with E-state index < -0.39 is 138 Å². The Bertz CT molecular complexity index is 2310. The summed E-state index contributed by atoms with van der Waals surface area (Å²) in [7, 11) is 1.94. The minimum atomic E-state index is -5.62. The van der Waals surface area contributed by atoms with Gasteiger partial charge in [0.1, 0.15) is 25.9 Å². The quantitative estimate of drug-likeness (QED) is 0.0396. The molecule has 0 aliphatic carbocycles. The molecule has 394 valence electrons. The molecule has 0 saturated carbocycles. The van der Waals surface area contributed by atoms with Gasteiger partial charge < -0.3 is 42.6 Å². The van der Waals surface area contributed by atoms with Crippen molar-refractivity contribution in [2.75, 3.05) is 54.9 Å². The molecule has 0 fully saturated rings. The number of hydrogen-bond donors (Lipinski definition) is 0. The lowest BCUT2D eigenvalue weighted by molar-refractivity contribution is -0.280. The van der Waals surface area contributed by atoms with Crippen LogP contribution < -0.4 is 0 Å². The summed E-state index contributed by atoms with van der Waals surface area (Å²) >= 11 is 0. The summed E-state index contributed by atoms with van der Waals surface area (Å²) in [6.45, 7) is -5.85. The molecular weight excluding hydrogens is 1000 g/mol. The summed E-state index contributed by atoms with van der Waals surface area (Å²) in [6, 6.07) is 20.5. The second kappa shape index (κ2) is 23.5. The Balaban J connectivity index is 1.81. The molecule has 13 nitrogen and oxygen atoms in total. The van der Waals surface area contributed by atoms with Gasteiger partial charge in [-0.25, -0.2) is 19.2 Å². The number of benzene rings is 4. The number of alkyl halides is 12. The van der Waals surface area contributed by atoms with E-state index in [1.807, 2.05) is 0 Å². The summed E-state index contributed by atoms with van der Waals surface area (Å²) in [4.78, 5) is 54.2. The monoisotopic (exact) mass is 1040 g/mol. The Labute approximate surface area is 402 Å². The summed E-state index contributed by atoms with van der Waals surface area (Å²) < 4.78 is 222. The minimum absolute atomic E-state index is 0.472. The molecule has 4 aromatic carbocycles. The number of methoxy groups -OCH3 is 4. The molecule has 0 N–H and O–H groups in total. The van der Waals surface area contributed by atoms with Crippen molar-refractivity contribution in [3.05, 3.63) is 144 Å². The Hall–Kier alpha value is -6.28. The molecule has 0 heterocycles. The van der Waals surface area contributed by atoms with E-state index in [2.05, 4.69) is 18.9 Å². The van der Waals surface area contributed by atoms with Gasteiger partial charge in [-0.1, -0.05) is 121 Å². The fraction of sp³-hybridized carbons (Fsp3) is 0.404. The largest absolute Gasteiger partial charge is 0.463 e. The first kappa shape index (κ1) is 58.3. The molecule has 0 radical (unpaired) electrons. The molecule has 0 aromatic heterocycles. The predicted octanol–water partition coefficient (Wildman–Crippen LogP) is 8.72. The van der Waals surface area contributed by atoms with E-state index in [1.165, 1.54) is 24.3 Å². The fourth-order valence-electron chi connectivity index (χ4n) is 7.33.